The molecule has 5 nitrogen and oxygen atoms in total. The fourth-order valence-corrected chi connectivity index (χ4v) is 2.91. The third kappa shape index (κ3) is 3.05. The van der Waals surface area contributed by atoms with E-state index < -0.39 is 5.97 Å². The summed E-state index contributed by atoms with van der Waals surface area (Å²) in [6.07, 6.45) is 0. The molecule has 0 amide bonds. The molecule has 0 aliphatic carbocycles. The first-order valence-corrected chi connectivity index (χ1v) is 7.35. The van der Waals surface area contributed by atoms with Crippen LogP contribution in [-0.4, -0.2) is 53.4 Å². The van der Waals surface area contributed by atoms with Crippen molar-refractivity contribution in [2.75, 3.05) is 32.8 Å². The topological polar surface area (TPSA) is 54.7 Å². The SMILES string of the molecule is O=C(O)c1cc2cc(Cl)ccc2n1CCN1CCOCC1. The number of benzene rings is 1. The molecule has 1 N–H and O–H groups in total. The highest BCUT2D eigenvalue weighted by Crippen LogP contribution is 2.23. The smallest absolute Gasteiger partial charge is 0.352 e. The molecule has 2 aromatic rings. The second kappa shape index (κ2) is 6.05. The highest BCUT2D eigenvalue weighted by atomic mass is 35.5. The fraction of sp³-hybridized carbons (Fsp3) is 0.400. The van der Waals surface area contributed by atoms with Gasteiger partial charge in [-0.1, -0.05) is 11.6 Å². The molecular weight excluding hydrogens is 292 g/mol. The van der Waals surface area contributed by atoms with Gasteiger partial charge in [0.05, 0.1) is 13.2 Å². The quantitative estimate of drug-likeness (QED) is 0.942. The molecule has 1 saturated heterocycles. The van der Waals surface area contributed by atoms with Gasteiger partial charge in [-0.2, -0.15) is 0 Å². The van der Waals surface area contributed by atoms with Crippen LogP contribution in [-0.2, 0) is 11.3 Å². The molecule has 1 aromatic carbocycles. The van der Waals surface area contributed by atoms with Crippen LogP contribution in [0.4, 0.5) is 0 Å². The Labute approximate surface area is 127 Å². The van der Waals surface area contributed by atoms with E-state index in [2.05, 4.69) is 4.90 Å². The lowest BCUT2D eigenvalue weighted by Gasteiger charge is -2.27. The average molecular weight is 309 g/mol. The van der Waals surface area contributed by atoms with Crippen molar-refractivity contribution in [3.63, 3.8) is 0 Å². The number of carboxylic acid groups (broad SMARTS) is 1. The molecule has 2 heterocycles. The van der Waals surface area contributed by atoms with Gasteiger partial charge >= 0.3 is 5.97 Å². The minimum absolute atomic E-state index is 0.306. The first-order chi connectivity index (χ1) is 10.1. The molecule has 6 heteroatoms. The zero-order chi connectivity index (χ0) is 14.8. The van der Waals surface area contributed by atoms with E-state index in [1.807, 2.05) is 10.6 Å². The van der Waals surface area contributed by atoms with Crippen molar-refractivity contribution in [3.8, 4) is 0 Å². The Morgan fingerprint density at radius 2 is 2.00 bits per heavy atom. The first-order valence-electron chi connectivity index (χ1n) is 6.97. The van der Waals surface area contributed by atoms with E-state index >= 15 is 0 Å². The largest absolute Gasteiger partial charge is 0.477 e. The Balaban J connectivity index is 1.88. The van der Waals surface area contributed by atoms with Crippen LogP contribution in [0.3, 0.4) is 0 Å². The van der Waals surface area contributed by atoms with Gasteiger partial charge in [-0.15, -0.1) is 0 Å². The van der Waals surface area contributed by atoms with Crippen molar-refractivity contribution in [3.05, 3.63) is 35.0 Å². The van der Waals surface area contributed by atoms with E-state index in [1.165, 1.54) is 0 Å². The lowest BCUT2D eigenvalue weighted by Crippen LogP contribution is -2.38. The Hall–Kier alpha value is -1.56. The number of hydrogen-bond donors (Lipinski definition) is 1. The fourth-order valence-electron chi connectivity index (χ4n) is 2.73. The van der Waals surface area contributed by atoms with Gasteiger partial charge < -0.3 is 14.4 Å². The molecule has 0 radical (unpaired) electrons. The summed E-state index contributed by atoms with van der Waals surface area (Å²) in [5, 5.41) is 10.9. The molecule has 0 unspecified atom stereocenters. The van der Waals surface area contributed by atoms with Gasteiger partial charge in [-0.25, -0.2) is 4.79 Å². The molecule has 1 aliphatic rings. The number of nitrogens with zero attached hydrogens (tertiary/aromatic N) is 2. The van der Waals surface area contributed by atoms with Crippen molar-refractivity contribution >= 4 is 28.5 Å². The predicted molar refractivity (Wildman–Crippen MR) is 81.2 cm³/mol. The molecule has 1 aromatic heterocycles. The van der Waals surface area contributed by atoms with Crippen LogP contribution in [0.1, 0.15) is 10.5 Å². The number of rotatable bonds is 4. The van der Waals surface area contributed by atoms with E-state index in [1.54, 1.807) is 18.2 Å². The summed E-state index contributed by atoms with van der Waals surface area (Å²) in [5.41, 5.74) is 1.21. The summed E-state index contributed by atoms with van der Waals surface area (Å²) in [7, 11) is 0. The van der Waals surface area contributed by atoms with Gasteiger partial charge in [0.15, 0.2) is 0 Å². The zero-order valence-corrected chi connectivity index (χ0v) is 12.3. The number of morpholine rings is 1. The van der Waals surface area contributed by atoms with Crippen LogP contribution >= 0.6 is 11.6 Å². The number of ether oxygens (including phenoxy) is 1. The lowest BCUT2D eigenvalue weighted by molar-refractivity contribution is 0.0362. The van der Waals surface area contributed by atoms with Crippen molar-refractivity contribution in [1.82, 2.24) is 9.47 Å². The minimum Gasteiger partial charge on any atom is -0.477 e. The molecule has 3 rings (SSSR count). The Kier molecular flexibility index (Phi) is 4.14. The molecular formula is C15H17ClN2O3. The molecule has 1 fully saturated rings. The van der Waals surface area contributed by atoms with Crippen LogP contribution in [0.5, 0.6) is 0 Å². The Morgan fingerprint density at radius 1 is 1.24 bits per heavy atom. The number of carboxylic acids is 1. The lowest BCUT2D eigenvalue weighted by atomic mass is 10.2. The molecule has 1 aliphatic heterocycles. The Morgan fingerprint density at radius 3 is 2.71 bits per heavy atom. The van der Waals surface area contributed by atoms with Gasteiger partial charge in [0, 0.05) is 42.1 Å². The highest BCUT2D eigenvalue weighted by Gasteiger charge is 2.16. The third-order valence-electron chi connectivity index (χ3n) is 3.83. The number of halogens is 1. The standard InChI is InChI=1S/C15H17ClN2O3/c16-12-1-2-13-11(9-12)10-14(15(19)20)18(13)4-3-17-5-7-21-8-6-17/h1-2,9-10H,3-8H2,(H,19,20). The zero-order valence-electron chi connectivity index (χ0n) is 11.6. The number of hydrogen-bond acceptors (Lipinski definition) is 3. The summed E-state index contributed by atoms with van der Waals surface area (Å²) in [6, 6.07) is 7.15. The normalized spacial score (nSPS) is 16.4. The van der Waals surface area contributed by atoms with Crippen molar-refractivity contribution in [2.45, 2.75) is 6.54 Å². The predicted octanol–water partition coefficient (Wildman–Crippen LogP) is 2.33. The van der Waals surface area contributed by atoms with Crippen LogP contribution < -0.4 is 0 Å². The van der Waals surface area contributed by atoms with Gasteiger partial charge in [0.2, 0.25) is 0 Å². The second-order valence-electron chi connectivity index (χ2n) is 5.14. The van der Waals surface area contributed by atoms with E-state index in [4.69, 9.17) is 16.3 Å². The van der Waals surface area contributed by atoms with Crippen LogP contribution in [0.15, 0.2) is 24.3 Å². The van der Waals surface area contributed by atoms with Crippen molar-refractivity contribution in [2.24, 2.45) is 0 Å². The summed E-state index contributed by atoms with van der Waals surface area (Å²) in [4.78, 5) is 13.7. The monoisotopic (exact) mass is 308 g/mol. The number of fused-ring (bicyclic) bond motifs is 1. The number of aromatic carboxylic acids is 1. The van der Waals surface area contributed by atoms with Gasteiger partial charge in [-0.3, -0.25) is 4.90 Å². The van der Waals surface area contributed by atoms with Crippen LogP contribution in [0.2, 0.25) is 5.02 Å². The van der Waals surface area contributed by atoms with Crippen LogP contribution in [0, 0.1) is 0 Å². The first kappa shape index (κ1) is 14.4. The van der Waals surface area contributed by atoms with Crippen LogP contribution in [0.25, 0.3) is 10.9 Å². The molecule has 112 valence electrons. The molecule has 0 saturated carbocycles. The molecule has 0 spiro atoms. The highest BCUT2D eigenvalue weighted by molar-refractivity contribution is 6.31. The number of aromatic nitrogens is 1. The second-order valence-corrected chi connectivity index (χ2v) is 5.58. The van der Waals surface area contributed by atoms with Gasteiger partial charge in [0.25, 0.3) is 0 Å². The maximum atomic E-state index is 11.4. The van der Waals surface area contributed by atoms with E-state index in [0.29, 0.717) is 17.3 Å². The van der Waals surface area contributed by atoms with Crippen molar-refractivity contribution in [1.29, 1.82) is 0 Å². The van der Waals surface area contributed by atoms with E-state index in [0.717, 1.165) is 43.8 Å². The number of carbonyl (C=O) groups is 1. The summed E-state index contributed by atoms with van der Waals surface area (Å²) in [5.74, 6) is -0.913. The van der Waals surface area contributed by atoms with Gasteiger partial charge in [-0.05, 0) is 24.3 Å². The maximum absolute atomic E-state index is 11.4. The third-order valence-corrected chi connectivity index (χ3v) is 4.06. The maximum Gasteiger partial charge on any atom is 0.352 e. The molecule has 0 atom stereocenters. The van der Waals surface area contributed by atoms with E-state index in [-0.39, 0.29) is 0 Å². The molecule has 0 bridgehead atoms. The summed E-state index contributed by atoms with van der Waals surface area (Å²) < 4.78 is 7.18. The van der Waals surface area contributed by atoms with Crippen molar-refractivity contribution < 1.29 is 14.6 Å². The average Bonchev–Trinajstić information content (AvgIpc) is 2.84. The van der Waals surface area contributed by atoms with Gasteiger partial charge in [0.1, 0.15) is 5.69 Å². The minimum atomic E-state index is -0.913. The molecule has 21 heavy (non-hydrogen) atoms. The Bertz CT molecular complexity index is 662. The summed E-state index contributed by atoms with van der Waals surface area (Å²) >= 11 is 5.98. The summed E-state index contributed by atoms with van der Waals surface area (Å²) in [6.45, 7) is 4.74. The van der Waals surface area contributed by atoms with E-state index in [9.17, 15) is 9.90 Å².